The summed E-state index contributed by atoms with van der Waals surface area (Å²) in [7, 11) is 0. The lowest BCUT2D eigenvalue weighted by Gasteiger charge is -1.79. The molecule has 0 saturated heterocycles. The minimum absolute atomic E-state index is 0. The number of hydrogen-bond donors (Lipinski definition) is 0. The maximum atomic E-state index is 10.9. The third-order valence-electron chi connectivity index (χ3n) is 1.84. The largest absolute Gasteiger partial charge is 1.00 e. The van der Waals surface area contributed by atoms with Crippen molar-refractivity contribution in [1.82, 2.24) is 0 Å². The minimum Gasteiger partial charge on any atom is -1.00 e. The number of carbonyl (C=O) groups excluding carboxylic acids is 1. The van der Waals surface area contributed by atoms with Crippen molar-refractivity contribution in [2.45, 2.75) is 12.8 Å². The van der Waals surface area contributed by atoms with E-state index in [1.807, 2.05) is 16.9 Å². The molecule has 0 spiro atoms. The molecule has 10 heavy (non-hydrogen) atoms. The highest BCUT2D eigenvalue weighted by Gasteiger charge is 2.31. The Morgan fingerprint density at radius 2 is 2.30 bits per heavy atom. The molecule has 54 valence electrons. The number of ketones is 1. The SMILES string of the molecule is O=C1CC[N+]2=C1CC=C2.[Br-]. The number of allylic oxidation sites excluding steroid dienone is 1. The second kappa shape index (κ2) is 2.66. The molecule has 2 aliphatic rings. The van der Waals surface area contributed by atoms with Crippen molar-refractivity contribution in [3.8, 4) is 0 Å². The standard InChI is InChI=1S/C7H8NO.BrH/c9-7-3-5-8-4-1-2-6(7)8;/h1,4H,2-3,5H2;1H/q+1;/p-1. The van der Waals surface area contributed by atoms with E-state index >= 15 is 0 Å². The first-order valence-corrected chi connectivity index (χ1v) is 3.20. The van der Waals surface area contributed by atoms with Gasteiger partial charge in [0.15, 0.2) is 12.7 Å². The molecule has 0 aromatic heterocycles. The highest BCUT2D eigenvalue weighted by Crippen LogP contribution is 2.10. The van der Waals surface area contributed by atoms with E-state index in [4.69, 9.17) is 0 Å². The molecule has 0 aliphatic carbocycles. The Labute approximate surface area is 70.0 Å². The molecule has 0 bridgehead atoms. The van der Waals surface area contributed by atoms with Crippen LogP contribution in [0.3, 0.4) is 0 Å². The quantitative estimate of drug-likeness (QED) is 0.392. The van der Waals surface area contributed by atoms with Gasteiger partial charge in [0, 0.05) is 0 Å². The van der Waals surface area contributed by atoms with E-state index in [9.17, 15) is 4.79 Å². The zero-order valence-corrected chi connectivity index (χ0v) is 7.10. The Kier molecular flexibility index (Phi) is 2.04. The highest BCUT2D eigenvalue weighted by molar-refractivity contribution is 6.39. The molecule has 0 atom stereocenters. The normalized spacial score (nSPS) is 21.4. The van der Waals surface area contributed by atoms with E-state index in [0.29, 0.717) is 5.78 Å². The van der Waals surface area contributed by atoms with E-state index in [1.54, 1.807) is 0 Å². The molecule has 2 heterocycles. The number of hydrogen-bond acceptors (Lipinski definition) is 1. The predicted octanol–water partition coefficient (Wildman–Crippen LogP) is -2.67. The highest BCUT2D eigenvalue weighted by atomic mass is 79.9. The fourth-order valence-electron chi connectivity index (χ4n) is 1.35. The van der Waals surface area contributed by atoms with E-state index in [2.05, 4.69) is 0 Å². The lowest BCUT2D eigenvalue weighted by Crippen LogP contribution is -3.00. The number of Topliss-reactive ketones (excluding diaryl/α,β-unsaturated/α-hetero) is 1. The van der Waals surface area contributed by atoms with Crippen molar-refractivity contribution >= 4 is 11.5 Å². The van der Waals surface area contributed by atoms with Crippen LogP contribution in [0.5, 0.6) is 0 Å². The Morgan fingerprint density at radius 1 is 1.50 bits per heavy atom. The Bertz CT molecular complexity index is 230. The van der Waals surface area contributed by atoms with Crippen molar-refractivity contribution < 1.29 is 26.4 Å². The zero-order chi connectivity index (χ0) is 6.27. The molecule has 0 unspecified atom stereocenters. The first-order chi connectivity index (χ1) is 4.38. The van der Waals surface area contributed by atoms with E-state index in [0.717, 1.165) is 25.1 Å². The summed E-state index contributed by atoms with van der Waals surface area (Å²) in [5.41, 5.74) is 0.995. The minimum atomic E-state index is 0. The molecule has 0 amide bonds. The molecular formula is C7H8BrNO. The van der Waals surface area contributed by atoms with E-state index < -0.39 is 0 Å². The first kappa shape index (κ1) is 7.66. The van der Waals surface area contributed by atoms with Gasteiger partial charge in [-0.05, 0) is 6.08 Å². The van der Waals surface area contributed by atoms with Crippen LogP contribution in [-0.2, 0) is 4.79 Å². The molecule has 0 N–H and O–H groups in total. The maximum Gasteiger partial charge on any atom is 0.228 e. The Hall–Kier alpha value is -0.440. The molecular weight excluding hydrogens is 194 g/mol. The van der Waals surface area contributed by atoms with Crippen molar-refractivity contribution in [3.63, 3.8) is 0 Å². The van der Waals surface area contributed by atoms with Gasteiger partial charge in [0.05, 0.1) is 12.8 Å². The Balaban J connectivity index is 0.000000500. The van der Waals surface area contributed by atoms with Crippen molar-refractivity contribution in [2.24, 2.45) is 0 Å². The van der Waals surface area contributed by atoms with Crippen molar-refractivity contribution in [3.05, 3.63) is 12.3 Å². The van der Waals surface area contributed by atoms with Crippen LogP contribution in [0.15, 0.2) is 12.3 Å². The number of carbonyl (C=O) groups is 1. The van der Waals surface area contributed by atoms with Gasteiger partial charge in [-0.25, -0.2) is 0 Å². The van der Waals surface area contributed by atoms with Crippen LogP contribution >= 0.6 is 0 Å². The number of nitrogens with zero attached hydrogens (tertiary/aromatic N) is 1. The summed E-state index contributed by atoms with van der Waals surface area (Å²) in [5.74, 6) is 0.333. The summed E-state index contributed by atoms with van der Waals surface area (Å²) in [4.78, 5) is 10.9. The van der Waals surface area contributed by atoms with Gasteiger partial charge < -0.3 is 17.0 Å². The predicted molar refractivity (Wildman–Crippen MR) is 33.5 cm³/mol. The fraction of sp³-hybridized carbons (Fsp3) is 0.429. The van der Waals surface area contributed by atoms with Gasteiger partial charge in [-0.15, -0.1) is 0 Å². The van der Waals surface area contributed by atoms with Crippen LogP contribution < -0.4 is 17.0 Å². The van der Waals surface area contributed by atoms with Gasteiger partial charge in [0.1, 0.15) is 0 Å². The van der Waals surface area contributed by atoms with Crippen LogP contribution in [0.4, 0.5) is 0 Å². The van der Waals surface area contributed by atoms with Crippen molar-refractivity contribution in [2.75, 3.05) is 6.54 Å². The monoisotopic (exact) mass is 201 g/mol. The van der Waals surface area contributed by atoms with Gasteiger partial charge in [-0.2, -0.15) is 4.58 Å². The summed E-state index contributed by atoms with van der Waals surface area (Å²) in [5, 5.41) is 0. The second-order valence-corrected chi connectivity index (χ2v) is 2.40. The van der Waals surface area contributed by atoms with Crippen LogP contribution in [0.2, 0.25) is 0 Å². The van der Waals surface area contributed by atoms with Gasteiger partial charge in [-0.1, -0.05) is 0 Å². The van der Waals surface area contributed by atoms with E-state index in [-0.39, 0.29) is 17.0 Å². The average molecular weight is 202 g/mol. The summed E-state index contributed by atoms with van der Waals surface area (Å²) >= 11 is 0. The number of rotatable bonds is 0. The van der Waals surface area contributed by atoms with Crippen molar-refractivity contribution in [1.29, 1.82) is 0 Å². The first-order valence-electron chi connectivity index (χ1n) is 3.20. The molecule has 0 aromatic carbocycles. The second-order valence-electron chi connectivity index (χ2n) is 2.40. The fourth-order valence-corrected chi connectivity index (χ4v) is 1.35. The van der Waals surface area contributed by atoms with Gasteiger partial charge in [0.25, 0.3) is 0 Å². The molecule has 3 heteroatoms. The molecule has 2 aliphatic heterocycles. The molecule has 0 fully saturated rings. The summed E-state index contributed by atoms with van der Waals surface area (Å²) in [6.45, 7) is 0.907. The third-order valence-corrected chi connectivity index (χ3v) is 1.84. The Morgan fingerprint density at radius 3 is 3.00 bits per heavy atom. The van der Waals surface area contributed by atoms with Crippen LogP contribution in [0.25, 0.3) is 0 Å². The smallest absolute Gasteiger partial charge is 0.228 e. The lowest BCUT2D eigenvalue weighted by atomic mass is 10.2. The molecule has 0 saturated carbocycles. The van der Waals surface area contributed by atoms with Crippen LogP contribution in [0.1, 0.15) is 12.8 Å². The zero-order valence-electron chi connectivity index (χ0n) is 5.51. The maximum absolute atomic E-state index is 10.9. The number of halogens is 1. The molecule has 0 radical (unpaired) electrons. The summed E-state index contributed by atoms with van der Waals surface area (Å²) < 4.78 is 2.04. The van der Waals surface area contributed by atoms with E-state index in [1.165, 1.54) is 0 Å². The third kappa shape index (κ3) is 0.944. The van der Waals surface area contributed by atoms with Gasteiger partial charge in [0.2, 0.25) is 11.5 Å². The summed E-state index contributed by atoms with van der Waals surface area (Å²) in [6.07, 6.45) is 5.62. The van der Waals surface area contributed by atoms with Crippen LogP contribution in [0, 0.1) is 0 Å². The van der Waals surface area contributed by atoms with Crippen LogP contribution in [-0.4, -0.2) is 22.6 Å². The summed E-state index contributed by atoms with van der Waals surface area (Å²) in [6, 6.07) is 0. The van der Waals surface area contributed by atoms with Gasteiger partial charge >= 0.3 is 0 Å². The van der Waals surface area contributed by atoms with Gasteiger partial charge in [-0.3, -0.25) is 4.79 Å². The average Bonchev–Trinajstić information content (AvgIpc) is 2.35. The lowest BCUT2D eigenvalue weighted by molar-refractivity contribution is -0.444. The topological polar surface area (TPSA) is 20.1 Å². The molecule has 2 nitrogen and oxygen atoms in total. The molecule has 0 aromatic rings. The molecule has 2 rings (SSSR count).